The maximum atomic E-state index is 13.7. The van der Waals surface area contributed by atoms with Crippen LogP contribution < -0.4 is 5.73 Å². The Labute approximate surface area is 132 Å². The first-order valence-corrected chi connectivity index (χ1v) is 8.24. The van der Waals surface area contributed by atoms with Gasteiger partial charge in [-0.15, -0.1) is 11.3 Å². The number of piperidine rings is 1. The Bertz CT molecular complexity index is 673. The quantitative estimate of drug-likeness (QED) is 0.945. The molecule has 0 spiro atoms. The van der Waals surface area contributed by atoms with E-state index in [1.165, 1.54) is 17.4 Å². The van der Waals surface area contributed by atoms with Gasteiger partial charge in [0.15, 0.2) is 0 Å². The van der Waals surface area contributed by atoms with Gasteiger partial charge in [-0.1, -0.05) is 18.2 Å². The number of nitrogens with two attached hydrogens (primary N) is 1. The van der Waals surface area contributed by atoms with Crippen molar-refractivity contribution in [3.05, 3.63) is 51.7 Å². The van der Waals surface area contributed by atoms with Crippen LogP contribution in [0, 0.1) is 5.82 Å². The summed E-state index contributed by atoms with van der Waals surface area (Å²) >= 11 is 1.39. The van der Waals surface area contributed by atoms with Gasteiger partial charge in [0.1, 0.15) is 11.5 Å². The number of halogens is 1. The predicted molar refractivity (Wildman–Crippen MR) is 84.4 cm³/mol. The molecule has 1 atom stereocenters. The first kappa shape index (κ1) is 15.1. The standard InChI is InChI=1S/C16H18FN3OS/c17-13-6-2-1-4-11(13)8-15-19-14(10-22-15)16(21)20-7-3-5-12(18)9-20/h1-2,4,6,10,12H,3,5,7-9,18H2. The topological polar surface area (TPSA) is 59.2 Å². The van der Waals surface area contributed by atoms with Crippen molar-refractivity contribution >= 4 is 17.2 Å². The van der Waals surface area contributed by atoms with Crippen molar-refractivity contribution in [1.29, 1.82) is 0 Å². The molecule has 1 saturated heterocycles. The van der Waals surface area contributed by atoms with Gasteiger partial charge in [-0.3, -0.25) is 4.79 Å². The van der Waals surface area contributed by atoms with Crippen LogP contribution in [0.4, 0.5) is 4.39 Å². The van der Waals surface area contributed by atoms with Gasteiger partial charge in [0.05, 0.1) is 5.01 Å². The molecule has 3 rings (SSSR count). The van der Waals surface area contributed by atoms with E-state index in [1.54, 1.807) is 28.5 Å². The fourth-order valence-electron chi connectivity index (χ4n) is 2.65. The molecule has 1 fully saturated rings. The van der Waals surface area contributed by atoms with E-state index in [0.717, 1.165) is 24.4 Å². The molecule has 1 aromatic heterocycles. The third kappa shape index (κ3) is 3.34. The molecule has 2 heterocycles. The number of rotatable bonds is 3. The van der Waals surface area contributed by atoms with Crippen LogP contribution in [0.1, 0.15) is 33.9 Å². The minimum absolute atomic E-state index is 0.0502. The molecule has 1 amide bonds. The van der Waals surface area contributed by atoms with E-state index in [2.05, 4.69) is 4.98 Å². The van der Waals surface area contributed by atoms with Crippen LogP contribution in [0.3, 0.4) is 0 Å². The third-order valence-corrected chi connectivity index (χ3v) is 4.66. The molecule has 6 heteroatoms. The molecular weight excluding hydrogens is 301 g/mol. The number of benzene rings is 1. The summed E-state index contributed by atoms with van der Waals surface area (Å²) in [7, 11) is 0. The molecule has 1 unspecified atom stereocenters. The Morgan fingerprint density at radius 1 is 1.45 bits per heavy atom. The normalized spacial score (nSPS) is 18.5. The Kier molecular flexibility index (Phi) is 4.49. The molecule has 2 aromatic rings. The molecule has 1 aliphatic heterocycles. The largest absolute Gasteiger partial charge is 0.336 e. The van der Waals surface area contributed by atoms with Crippen molar-refractivity contribution in [3.63, 3.8) is 0 Å². The van der Waals surface area contributed by atoms with Crippen LogP contribution in [-0.4, -0.2) is 34.9 Å². The summed E-state index contributed by atoms with van der Waals surface area (Å²) < 4.78 is 13.7. The molecule has 0 saturated carbocycles. The molecule has 4 nitrogen and oxygen atoms in total. The zero-order valence-corrected chi connectivity index (χ0v) is 13.0. The van der Waals surface area contributed by atoms with Crippen LogP contribution in [0.2, 0.25) is 0 Å². The van der Waals surface area contributed by atoms with Crippen molar-refractivity contribution in [2.45, 2.75) is 25.3 Å². The number of carbonyl (C=O) groups is 1. The van der Waals surface area contributed by atoms with Crippen LogP contribution in [-0.2, 0) is 6.42 Å². The molecule has 2 N–H and O–H groups in total. The number of amides is 1. The lowest BCUT2D eigenvalue weighted by molar-refractivity contribution is 0.0703. The van der Waals surface area contributed by atoms with Gasteiger partial charge in [-0.25, -0.2) is 9.37 Å². The highest BCUT2D eigenvalue weighted by Crippen LogP contribution is 2.19. The molecule has 22 heavy (non-hydrogen) atoms. The number of likely N-dealkylation sites (tertiary alicyclic amines) is 1. The van der Waals surface area contributed by atoms with Crippen LogP contribution in [0.15, 0.2) is 29.6 Å². The van der Waals surface area contributed by atoms with Crippen LogP contribution >= 0.6 is 11.3 Å². The van der Waals surface area contributed by atoms with Gasteiger partial charge in [-0.2, -0.15) is 0 Å². The molecule has 0 bridgehead atoms. The van der Waals surface area contributed by atoms with E-state index >= 15 is 0 Å². The minimum Gasteiger partial charge on any atom is -0.336 e. The van der Waals surface area contributed by atoms with E-state index in [-0.39, 0.29) is 17.8 Å². The van der Waals surface area contributed by atoms with Gasteiger partial charge >= 0.3 is 0 Å². The number of hydrogen-bond acceptors (Lipinski definition) is 4. The summed E-state index contributed by atoms with van der Waals surface area (Å²) in [4.78, 5) is 18.5. The highest BCUT2D eigenvalue weighted by atomic mass is 32.1. The predicted octanol–water partition coefficient (Wildman–Crippen LogP) is 2.44. The number of thiazole rings is 1. The fourth-order valence-corrected chi connectivity index (χ4v) is 3.44. The maximum absolute atomic E-state index is 13.7. The summed E-state index contributed by atoms with van der Waals surface area (Å²) in [5, 5.41) is 2.49. The molecule has 116 valence electrons. The summed E-state index contributed by atoms with van der Waals surface area (Å²) in [5.41, 5.74) is 6.94. The van der Waals surface area contributed by atoms with Crippen LogP contribution in [0.5, 0.6) is 0 Å². The first-order chi connectivity index (χ1) is 10.6. The number of nitrogens with zero attached hydrogens (tertiary/aromatic N) is 2. The summed E-state index contributed by atoms with van der Waals surface area (Å²) in [6, 6.07) is 6.68. The smallest absolute Gasteiger partial charge is 0.273 e. The first-order valence-electron chi connectivity index (χ1n) is 7.36. The average Bonchev–Trinajstić information content (AvgIpc) is 2.97. The van der Waals surface area contributed by atoms with Crippen molar-refractivity contribution in [2.75, 3.05) is 13.1 Å². The van der Waals surface area contributed by atoms with E-state index < -0.39 is 0 Å². The highest BCUT2D eigenvalue weighted by molar-refractivity contribution is 7.09. The van der Waals surface area contributed by atoms with Gasteiger partial charge in [0.25, 0.3) is 5.91 Å². The zero-order valence-electron chi connectivity index (χ0n) is 12.2. The van der Waals surface area contributed by atoms with Gasteiger partial charge in [0.2, 0.25) is 0 Å². The number of hydrogen-bond donors (Lipinski definition) is 1. The van der Waals surface area contributed by atoms with Gasteiger partial charge in [0, 0.05) is 30.9 Å². The Hall–Kier alpha value is -1.79. The molecule has 0 radical (unpaired) electrons. The second kappa shape index (κ2) is 6.54. The zero-order chi connectivity index (χ0) is 15.5. The van der Waals surface area contributed by atoms with E-state index in [1.807, 2.05) is 0 Å². The molecular formula is C16H18FN3OS. The number of aromatic nitrogens is 1. The average molecular weight is 319 g/mol. The number of carbonyl (C=O) groups excluding carboxylic acids is 1. The maximum Gasteiger partial charge on any atom is 0.273 e. The lowest BCUT2D eigenvalue weighted by atomic mass is 10.1. The van der Waals surface area contributed by atoms with Crippen LogP contribution in [0.25, 0.3) is 0 Å². The van der Waals surface area contributed by atoms with E-state index in [9.17, 15) is 9.18 Å². The van der Waals surface area contributed by atoms with Crippen molar-refractivity contribution < 1.29 is 9.18 Å². The molecule has 1 aromatic carbocycles. The fraction of sp³-hybridized carbons (Fsp3) is 0.375. The lowest BCUT2D eigenvalue weighted by Crippen LogP contribution is -2.45. The highest BCUT2D eigenvalue weighted by Gasteiger charge is 2.24. The SMILES string of the molecule is NC1CCCN(C(=O)c2csc(Cc3ccccc3F)n2)C1. The van der Waals surface area contributed by atoms with Crippen molar-refractivity contribution in [3.8, 4) is 0 Å². The van der Waals surface area contributed by atoms with Crippen molar-refractivity contribution in [2.24, 2.45) is 5.73 Å². The summed E-state index contributed by atoms with van der Waals surface area (Å²) in [6.45, 7) is 1.31. The Morgan fingerprint density at radius 3 is 3.05 bits per heavy atom. The summed E-state index contributed by atoms with van der Waals surface area (Å²) in [6.07, 6.45) is 2.29. The monoisotopic (exact) mass is 319 g/mol. The summed E-state index contributed by atoms with van der Waals surface area (Å²) in [5.74, 6) is -0.321. The minimum atomic E-state index is -0.243. The van der Waals surface area contributed by atoms with Crippen molar-refractivity contribution in [1.82, 2.24) is 9.88 Å². The second-order valence-corrected chi connectivity index (χ2v) is 6.49. The van der Waals surface area contributed by atoms with Gasteiger partial charge < -0.3 is 10.6 Å². The second-order valence-electron chi connectivity index (χ2n) is 5.55. The Balaban J connectivity index is 1.71. The van der Waals surface area contributed by atoms with E-state index in [4.69, 9.17) is 5.73 Å². The van der Waals surface area contributed by atoms with Gasteiger partial charge in [-0.05, 0) is 24.5 Å². The third-order valence-electron chi connectivity index (χ3n) is 3.82. The Morgan fingerprint density at radius 2 is 2.27 bits per heavy atom. The molecule has 0 aliphatic carbocycles. The lowest BCUT2D eigenvalue weighted by Gasteiger charge is -2.30. The van der Waals surface area contributed by atoms with E-state index in [0.29, 0.717) is 24.2 Å². The molecule has 1 aliphatic rings.